The summed E-state index contributed by atoms with van der Waals surface area (Å²) in [5.74, 6) is 2.18. The van der Waals surface area contributed by atoms with E-state index in [1.54, 1.807) is 12.8 Å². The Morgan fingerprint density at radius 3 is 1.75 bits per heavy atom. The van der Waals surface area contributed by atoms with Crippen molar-refractivity contribution in [2.24, 2.45) is 11.8 Å². The number of unbranched alkanes of at least 4 members (excludes halogenated alkanes) is 4. The maximum atomic E-state index is 2.33. The van der Waals surface area contributed by atoms with E-state index >= 15 is 0 Å². The Kier molecular flexibility index (Phi) is 7.98. The first-order chi connectivity index (χ1) is 7.86. The third-order valence-electron chi connectivity index (χ3n) is 4.38. The lowest BCUT2D eigenvalue weighted by Crippen LogP contribution is -2.14. The third kappa shape index (κ3) is 5.92. The van der Waals surface area contributed by atoms with Gasteiger partial charge in [-0.3, -0.25) is 0 Å². The monoisotopic (exact) mass is 224 g/mol. The fourth-order valence-electron chi connectivity index (χ4n) is 3.25. The lowest BCUT2D eigenvalue weighted by molar-refractivity contribution is 0.247. The van der Waals surface area contributed by atoms with Crippen LogP contribution in [-0.2, 0) is 0 Å². The van der Waals surface area contributed by atoms with Gasteiger partial charge < -0.3 is 0 Å². The van der Waals surface area contributed by atoms with Gasteiger partial charge in [0.2, 0.25) is 0 Å². The minimum atomic E-state index is 1.08. The van der Waals surface area contributed by atoms with Crippen molar-refractivity contribution in [3.8, 4) is 0 Å². The predicted octanol–water partition coefficient (Wildman–Crippen LogP) is 5.95. The van der Waals surface area contributed by atoms with Crippen molar-refractivity contribution in [1.29, 1.82) is 0 Å². The molecule has 0 N–H and O–H groups in total. The van der Waals surface area contributed by atoms with Crippen molar-refractivity contribution in [2.45, 2.75) is 90.9 Å². The van der Waals surface area contributed by atoms with Gasteiger partial charge in [-0.1, -0.05) is 90.9 Å². The summed E-state index contributed by atoms with van der Waals surface area (Å²) in [5.41, 5.74) is 0. The second kappa shape index (κ2) is 9.07. The average molecular weight is 224 g/mol. The van der Waals surface area contributed by atoms with E-state index in [1.807, 2.05) is 0 Å². The molecule has 0 spiro atoms. The van der Waals surface area contributed by atoms with Gasteiger partial charge in [0.05, 0.1) is 0 Å². The Labute approximate surface area is 103 Å². The number of hydrogen-bond acceptors (Lipinski definition) is 0. The summed E-state index contributed by atoms with van der Waals surface area (Å²) in [6.45, 7) is 4.63. The van der Waals surface area contributed by atoms with Crippen LogP contribution in [0.5, 0.6) is 0 Å². The van der Waals surface area contributed by atoms with Crippen LogP contribution in [0.25, 0.3) is 0 Å². The van der Waals surface area contributed by atoms with Crippen molar-refractivity contribution in [3.05, 3.63) is 0 Å². The first kappa shape index (κ1) is 14.1. The van der Waals surface area contributed by atoms with Crippen LogP contribution in [0, 0.1) is 11.8 Å². The zero-order chi connectivity index (χ0) is 11.6. The molecule has 0 saturated heterocycles. The van der Waals surface area contributed by atoms with Crippen LogP contribution in [0.1, 0.15) is 90.9 Å². The van der Waals surface area contributed by atoms with Gasteiger partial charge >= 0.3 is 0 Å². The van der Waals surface area contributed by atoms with Crippen LogP contribution >= 0.6 is 0 Å². The lowest BCUT2D eigenvalue weighted by atomic mass is 9.78. The predicted molar refractivity (Wildman–Crippen MR) is 73.7 cm³/mol. The molecule has 0 radical (unpaired) electrons. The standard InChI is InChI=1S/C16H32/c1-3-5-6-7-8-10-16-13-11-15(9-4-2)12-14-16/h15-16H,3-14H2,1-2H3. The molecule has 0 nitrogen and oxygen atoms in total. The van der Waals surface area contributed by atoms with Gasteiger partial charge in [0, 0.05) is 0 Å². The third-order valence-corrected chi connectivity index (χ3v) is 4.38. The summed E-state index contributed by atoms with van der Waals surface area (Å²) in [7, 11) is 0. The van der Waals surface area contributed by atoms with E-state index in [2.05, 4.69) is 13.8 Å². The molecule has 0 heterocycles. The largest absolute Gasteiger partial charge is 0.0654 e. The molecule has 1 aliphatic carbocycles. The molecule has 0 atom stereocenters. The Morgan fingerprint density at radius 1 is 0.625 bits per heavy atom. The van der Waals surface area contributed by atoms with E-state index in [-0.39, 0.29) is 0 Å². The number of rotatable bonds is 8. The first-order valence-corrected chi connectivity index (χ1v) is 7.86. The molecule has 0 aromatic rings. The van der Waals surface area contributed by atoms with Crippen LogP contribution in [0.2, 0.25) is 0 Å². The van der Waals surface area contributed by atoms with E-state index in [1.165, 1.54) is 64.2 Å². The van der Waals surface area contributed by atoms with Crippen LogP contribution < -0.4 is 0 Å². The second-order valence-corrected chi connectivity index (χ2v) is 5.88. The van der Waals surface area contributed by atoms with Crippen molar-refractivity contribution < 1.29 is 0 Å². The van der Waals surface area contributed by atoms with Crippen LogP contribution in [0.15, 0.2) is 0 Å². The van der Waals surface area contributed by atoms with Crippen molar-refractivity contribution >= 4 is 0 Å². The highest BCUT2D eigenvalue weighted by Gasteiger charge is 2.19. The van der Waals surface area contributed by atoms with Crippen molar-refractivity contribution in [3.63, 3.8) is 0 Å². The molecule has 0 aromatic carbocycles. The Hall–Kier alpha value is 0. The van der Waals surface area contributed by atoms with Gasteiger partial charge in [0.25, 0.3) is 0 Å². The average Bonchev–Trinajstić information content (AvgIpc) is 2.31. The summed E-state index contributed by atoms with van der Waals surface area (Å²) >= 11 is 0. The van der Waals surface area contributed by atoms with E-state index in [0.29, 0.717) is 0 Å². The Bertz CT molecular complexity index is 142. The Morgan fingerprint density at radius 2 is 1.19 bits per heavy atom. The van der Waals surface area contributed by atoms with Gasteiger partial charge in [-0.05, 0) is 11.8 Å². The molecule has 0 bridgehead atoms. The minimum Gasteiger partial charge on any atom is -0.0654 e. The molecular formula is C16H32. The molecule has 0 heteroatoms. The van der Waals surface area contributed by atoms with Gasteiger partial charge in [-0.2, -0.15) is 0 Å². The van der Waals surface area contributed by atoms with Gasteiger partial charge in [0.15, 0.2) is 0 Å². The molecule has 16 heavy (non-hydrogen) atoms. The SMILES string of the molecule is CCCCCCCC1CCC(CCC)CC1. The summed E-state index contributed by atoms with van der Waals surface area (Å²) < 4.78 is 0. The molecular weight excluding hydrogens is 192 g/mol. The quantitative estimate of drug-likeness (QED) is 0.447. The molecule has 1 fully saturated rings. The second-order valence-electron chi connectivity index (χ2n) is 5.88. The maximum Gasteiger partial charge on any atom is -0.0414 e. The van der Waals surface area contributed by atoms with Crippen LogP contribution in [0.3, 0.4) is 0 Å². The van der Waals surface area contributed by atoms with E-state index in [4.69, 9.17) is 0 Å². The van der Waals surface area contributed by atoms with Gasteiger partial charge in [0.1, 0.15) is 0 Å². The van der Waals surface area contributed by atoms with E-state index < -0.39 is 0 Å². The van der Waals surface area contributed by atoms with E-state index in [0.717, 1.165) is 11.8 Å². The highest BCUT2D eigenvalue weighted by atomic mass is 14.3. The molecule has 0 aromatic heterocycles. The molecule has 96 valence electrons. The van der Waals surface area contributed by atoms with Gasteiger partial charge in [-0.25, -0.2) is 0 Å². The molecule has 0 unspecified atom stereocenters. The smallest absolute Gasteiger partial charge is 0.0414 e. The van der Waals surface area contributed by atoms with Gasteiger partial charge in [-0.15, -0.1) is 0 Å². The van der Waals surface area contributed by atoms with Crippen LogP contribution in [0.4, 0.5) is 0 Å². The normalized spacial score (nSPS) is 25.9. The zero-order valence-corrected chi connectivity index (χ0v) is 11.6. The van der Waals surface area contributed by atoms with Crippen molar-refractivity contribution in [1.82, 2.24) is 0 Å². The maximum absolute atomic E-state index is 2.33. The highest BCUT2D eigenvalue weighted by molar-refractivity contribution is 4.72. The minimum absolute atomic E-state index is 1.08. The summed E-state index contributed by atoms with van der Waals surface area (Å²) in [4.78, 5) is 0. The zero-order valence-electron chi connectivity index (χ0n) is 11.6. The van der Waals surface area contributed by atoms with Crippen molar-refractivity contribution in [2.75, 3.05) is 0 Å². The molecule has 1 saturated carbocycles. The fraction of sp³-hybridized carbons (Fsp3) is 1.00. The molecule has 1 rings (SSSR count). The summed E-state index contributed by atoms with van der Waals surface area (Å²) in [5, 5.41) is 0. The summed E-state index contributed by atoms with van der Waals surface area (Å²) in [6, 6.07) is 0. The summed E-state index contributed by atoms with van der Waals surface area (Å²) in [6.07, 6.45) is 17.9. The lowest BCUT2D eigenvalue weighted by Gasteiger charge is -2.28. The molecule has 0 amide bonds. The fourth-order valence-corrected chi connectivity index (χ4v) is 3.25. The molecule has 1 aliphatic rings. The van der Waals surface area contributed by atoms with Crippen LogP contribution in [-0.4, -0.2) is 0 Å². The van der Waals surface area contributed by atoms with E-state index in [9.17, 15) is 0 Å². The highest BCUT2D eigenvalue weighted by Crippen LogP contribution is 2.34. The Balaban J connectivity index is 1.95. The number of hydrogen-bond donors (Lipinski definition) is 0. The molecule has 0 aliphatic heterocycles. The topological polar surface area (TPSA) is 0 Å². The first-order valence-electron chi connectivity index (χ1n) is 7.86.